The molecule has 0 saturated carbocycles. The number of aryl methyl sites for hydroxylation is 2. The van der Waals surface area contributed by atoms with Gasteiger partial charge >= 0.3 is 5.97 Å². The molecule has 2 N–H and O–H groups in total. The van der Waals surface area contributed by atoms with Gasteiger partial charge in [-0.3, -0.25) is 0 Å². The Bertz CT molecular complexity index is 828. The number of aliphatic hydroxyl groups is 1. The van der Waals surface area contributed by atoms with E-state index < -0.39 is 5.97 Å². The zero-order valence-corrected chi connectivity index (χ0v) is 15.0. The molecule has 1 saturated heterocycles. The highest BCUT2D eigenvalue weighted by atomic mass is 16.4. The lowest BCUT2D eigenvalue weighted by atomic mass is 9.98. The lowest BCUT2D eigenvalue weighted by Crippen LogP contribution is -2.56. The Morgan fingerprint density at radius 2 is 1.81 bits per heavy atom. The van der Waals surface area contributed by atoms with Crippen LogP contribution in [0.15, 0.2) is 18.6 Å². The number of rotatable bonds is 4. The van der Waals surface area contributed by atoms with Crippen LogP contribution in [-0.4, -0.2) is 68.4 Å². The van der Waals surface area contributed by atoms with Crippen LogP contribution < -0.4 is 9.80 Å². The van der Waals surface area contributed by atoms with Crippen molar-refractivity contribution >= 4 is 17.9 Å². The summed E-state index contributed by atoms with van der Waals surface area (Å²) in [4.78, 5) is 32.5. The van der Waals surface area contributed by atoms with Gasteiger partial charge in [0.25, 0.3) is 0 Å². The highest BCUT2D eigenvalue weighted by molar-refractivity contribution is 5.86. The van der Waals surface area contributed by atoms with Crippen molar-refractivity contribution in [3.63, 3.8) is 0 Å². The van der Waals surface area contributed by atoms with Gasteiger partial charge in [0.15, 0.2) is 0 Å². The SMILES string of the molecule is O=C(O)c1cnc(N2CCN(c3ncc4c(n3)CCCC4)C[C@@H]2CO)nc1. The molecule has 1 aliphatic carbocycles. The molecule has 27 heavy (non-hydrogen) atoms. The first-order valence-electron chi connectivity index (χ1n) is 9.18. The highest BCUT2D eigenvalue weighted by Gasteiger charge is 2.30. The number of fused-ring (bicyclic) bond motifs is 1. The number of piperazine rings is 1. The number of aliphatic hydroxyl groups excluding tert-OH is 1. The maximum Gasteiger partial charge on any atom is 0.338 e. The Labute approximate surface area is 156 Å². The maximum absolute atomic E-state index is 11.0. The minimum atomic E-state index is -1.06. The van der Waals surface area contributed by atoms with E-state index in [9.17, 15) is 9.90 Å². The van der Waals surface area contributed by atoms with Crippen LogP contribution in [0, 0.1) is 0 Å². The van der Waals surface area contributed by atoms with Crippen molar-refractivity contribution in [2.45, 2.75) is 31.7 Å². The van der Waals surface area contributed by atoms with Gasteiger partial charge < -0.3 is 20.0 Å². The van der Waals surface area contributed by atoms with E-state index in [0.717, 1.165) is 18.5 Å². The third-order valence-electron chi connectivity index (χ3n) is 5.17. The second-order valence-corrected chi connectivity index (χ2v) is 6.90. The van der Waals surface area contributed by atoms with Crippen molar-refractivity contribution in [3.05, 3.63) is 35.4 Å². The Morgan fingerprint density at radius 3 is 2.56 bits per heavy atom. The summed E-state index contributed by atoms with van der Waals surface area (Å²) in [5, 5.41) is 18.8. The first kappa shape index (κ1) is 17.6. The molecule has 1 fully saturated rings. The number of nitrogens with zero attached hydrogens (tertiary/aromatic N) is 6. The molecule has 4 rings (SSSR count). The number of carbonyl (C=O) groups is 1. The summed E-state index contributed by atoms with van der Waals surface area (Å²) in [5.74, 6) is 0.0654. The van der Waals surface area contributed by atoms with Crippen molar-refractivity contribution in [3.8, 4) is 0 Å². The van der Waals surface area contributed by atoms with E-state index in [0.29, 0.717) is 31.5 Å². The lowest BCUT2D eigenvalue weighted by molar-refractivity contribution is 0.0696. The summed E-state index contributed by atoms with van der Waals surface area (Å²) in [6.45, 7) is 1.77. The molecule has 1 aliphatic heterocycles. The Morgan fingerprint density at radius 1 is 1.07 bits per heavy atom. The van der Waals surface area contributed by atoms with Crippen molar-refractivity contribution in [1.29, 1.82) is 0 Å². The van der Waals surface area contributed by atoms with E-state index in [1.807, 2.05) is 11.1 Å². The number of carboxylic acid groups (broad SMARTS) is 1. The van der Waals surface area contributed by atoms with Crippen LogP contribution in [0.25, 0.3) is 0 Å². The quantitative estimate of drug-likeness (QED) is 0.795. The van der Waals surface area contributed by atoms with E-state index in [2.05, 4.69) is 19.9 Å². The molecule has 9 heteroatoms. The molecule has 0 unspecified atom stereocenters. The third-order valence-corrected chi connectivity index (χ3v) is 5.17. The second kappa shape index (κ2) is 7.43. The van der Waals surface area contributed by atoms with Crippen molar-refractivity contribution < 1.29 is 15.0 Å². The summed E-state index contributed by atoms with van der Waals surface area (Å²) in [6, 6.07) is -0.214. The number of anilines is 2. The highest BCUT2D eigenvalue weighted by Crippen LogP contribution is 2.23. The van der Waals surface area contributed by atoms with Crippen LogP contribution in [0.2, 0.25) is 0 Å². The number of hydrogen-bond donors (Lipinski definition) is 2. The van der Waals surface area contributed by atoms with Crippen LogP contribution in [-0.2, 0) is 12.8 Å². The molecule has 0 aromatic carbocycles. The normalized spacial score (nSPS) is 19.7. The molecule has 2 aromatic heterocycles. The Kier molecular flexibility index (Phi) is 4.85. The molecule has 9 nitrogen and oxygen atoms in total. The molecule has 1 atom stereocenters. The number of carboxylic acids is 1. The molecule has 0 amide bonds. The maximum atomic E-state index is 11.0. The molecule has 0 bridgehead atoms. The van der Waals surface area contributed by atoms with Gasteiger partial charge in [-0.1, -0.05) is 0 Å². The van der Waals surface area contributed by atoms with Crippen LogP contribution in [0.5, 0.6) is 0 Å². The van der Waals surface area contributed by atoms with Crippen LogP contribution >= 0.6 is 0 Å². The third kappa shape index (κ3) is 3.55. The van der Waals surface area contributed by atoms with Gasteiger partial charge in [0.05, 0.1) is 18.2 Å². The first-order valence-corrected chi connectivity index (χ1v) is 9.18. The predicted molar refractivity (Wildman–Crippen MR) is 98.1 cm³/mol. The fourth-order valence-corrected chi connectivity index (χ4v) is 3.65. The van der Waals surface area contributed by atoms with Gasteiger partial charge in [-0.15, -0.1) is 0 Å². The number of aromatic nitrogens is 4. The van der Waals surface area contributed by atoms with Gasteiger partial charge in [0.1, 0.15) is 0 Å². The van der Waals surface area contributed by atoms with Gasteiger partial charge in [-0.25, -0.2) is 24.7 Å². The van der Waals surface area contributed by atoms with Crippen LogP contribution in [0.1, 0.15) is 34.5 Å². The van der Waals surface area contributed by atoms with Gasteiger partial charge in [0.2, 0.25) is 11.9 Å². The molecule has 142 valence electrons. The van der Waals surface area contributed by atoms with Gasteiger partial charge in [-0.2, -0.15) is 0 Å². The summed E-state index contributed by atoms with van der Waals surface area (Å²) >= 11 is 0. The topological polar surface area (TPSA) is 116 Å². The summed E-state index contributed by atoms with van der Waals surface area (Å²) in [7, 11) is 0. The monoisotopic (exact) mass is 370 g/mol. The summed E-state index contributed by atoms with van der Waals surface area (Å²) < 4.78 is 0. The van der Waals surface area contributed by atoms with E-state index >= 15 is 0 Å². The van der Waals surface area contributed by atoms with E-state index in [1.165, 1.54) is 30.8 Å². The van der Waals surface area contributed by atoms with Crippen LogP contribution in [0.4, 0.5) is 11.9 Å². The van der Waals surface area contributed by atoms with Crippen molar-refractivity contribution in [2.24, 2.45) is 0 Å². The minimum absolute atomic E-state index is 0.0420. The van der Waals surface area contributed by atoms with E-state index in [4.69, 9.17) is 10.1 Å². The minimum Gasteiger partial charge on any atom is -0.478 e. The molecule has 0 spiro atoms. The van der Waals surface area contributed by atoms with E-state index in [1.54, 1.807) is 0 Å². The molecular weight excluding hydrogens is 348 g/mol. The predicted octanol–water partition coefficient (Wildman–Crippen LogP) is 0.531. The first-order chi connectivity index (χ1) is 13.2. The molecule has 2 aliphatic rings. The second-order valence-electron chi connectivity index (χ2n) is 6.90. The van der Waals surface area contributed by atoms with Crippen LogP contribution in [0.3, 0.4) is 0 Å². The number of hydrogen-bond acceptors (Lipinski definition) is 8. The molecule has 0 radical (unpaired) electrons. The Balaban J connectivity index is 1.50. The fourth-order valence-electron chi connectivity index (χ4n) is 3.65. The van der Waals surface area contributed by atoms with Gasteiger partial charge in [0, 0.05) is 43.9 Å². The lowest BCUT2D eigenvalue weighted by Gasteiger charge is -2.40. The zero-order chi connectivity index (χ0) is 18.8. The largest absolute Gasteiger partial charge is 0.478 e. The van der Waals surface area contributed by atoms with Gasteiger partial charge in [-0.05, 0) is 31.2 Å². The summed E-state index contributed by atoms with van der Waals surface area (Å²) in [6.07, 6.45) is 8.92. The zero-order valence-electron chi connectivity index (χ0n) is 15.0. The summed E-state index contributed by atoms with van der Waals surface area (Å²) in [5.41, 5.74) is 2.43. The molecular formula is C18H22N6O3. The van der Waals surface area contributed by atoms with E-state index in [-0.39, 0.29) is 18.2 Å². The smallest absolute Gasteiger partial charge is 0.338 e. The van der Waals surface area contributed by atoms with Crippen molar-refractivity contribution in [1.82, 2.24) is 19.9 Å². The number of aromatic carboxylic acids is 1. The Hall–Kier alpha value is -2.81. The molecule has 3 heterocycles. The average molecular weight is 370 g/mol. The standard InChI is InChI=1S/C18H22N6O3/c25-11-14-10-23(18-21-7-12-3-1-2-4-15(12)22-18)5-6-24(14)17-19-8-13(9-20-17)16(26)27/h7-9,14,25H,1-6,10-11H2,(H,26,27)/t14-/m1/s1. The average Bonchev–Trinajstić information content (AvgIpc) is 2.73. The molecule has 2 aromatic rings. The van der Waals surface area contributed by atoms with Crippen molar-refractivity contribution in [2.75, 3.05) is 36.0 Å². The fraction of sp³-hybridized carbons (Fsp3) is 0.500.